The first-order valence-corrected chi connectivity index (χ1v) is 28.0. The normalized spacial score (nSPS) is 17.4. The summed E-state index contributed by atoms with van der Waals surface area (Å²) in [5, 5.41) is 10.4. The Hall–Kier alpha value is 1.02. The van der Waals surface area contributed by atoms with Gasteiger partial charge in [-0.1, -0.05) is 0 Å². The fourth-order valence-corrected chi connectivity index (χ4v) is 18.4. The van der Waals surface area contributed by atoms with Crippen LogP contribution in [0.15, 0.2) is 0 Å². The molecule has 0 heterocycles. The lowest BCUT2D eigenvalue weighted by molar-refractivity contribution is -0.244. The van der Waals surface area contributed by atoms with E-state index < -0.39 is 47.9 Å². The molecule has 1 N–H and O–H groups in total. The van der Waals surface area contributed by atoms with E-state index in [4.69, 9.17) is 25.9 Å². The minimum absolute atomic E-state index is 0.251. The van der Waals surface area contributed by atoms with Gasteiger partial charge in [-0.15, -0.1) is 0 Å². The van der Waals surface area contributed by atoms with Crippen molar-refractivity contribution in [1.82, 2.24) is 0 Å². The maximum atomic E-state index is 10.4. The van der Waals surface area contributed by atoms with E-state index in [9.17, 15) is 5.11 Å². The number of hydrogen-bond acceptors (Lipinski definition) is 7. The Morgan fingerprint density at radius 1 is 0.781 bits per heavy atom. The van der Waals surface area contributed by atoms with Gasteiger partial charge in [0.2, 0.25) is 5.79 Å². The van der Waals surface area contributed by atoms with Gasteiger partial charge >= 0.3 is 8.80 Å². The van der Waals surface area contributed by atoms with Crippen molar-refractivity contribution in [3.05, 3.63) is 0 Å². The number of rotatable bonds is 16. The third kappa shape index (κ3) is 13.2. The van der Waals surface area contributed by atoms with E-state index in [-0.39, 0.29) is 12.7 Å². The molecule has 0 aromatic heterocycles. The second-order valence-corrected chi connectivity index (χ2v) is 34.8. The third-order valence-corrected chi connectivity index (χ3v) is 17.0. The van der Waals surface area contributed by atoms with Crippen molar-refractivity contribution in [2.75, 3.05) is 13.7 Å². The van der Waals surface area contributed by atoms with Crippen molar-refractivity contribution >= 4 is 52.6 Å². The summed E-state index contributed by atoms with van der Waals surface area (Å²) in [6.07, 6.45) is 1.08. The van der Waals surface area contributed by atoms with E-state index in [2.05, 4.69) is 78.6 Å². The Labute approximate surface area is 206 Å². The van der Waals surface area contributed by atoms with E-state index in [1.165, 1.54) is 0 Å². The summed E-state index contributed by atoms with van der Waals surface area (Å²) in [6, 6.07) is 0.731. The largest absolute Gasteiger partial charge is 0.468 e. The minimum atomic E-state index is -2.79. The van der Waals surface area contributed by atoms with Crippen LogP contribution in [0.4, 0.5) is 0 Å². The Kier molecular flexibility index (Phi) is 12.7. The van der Waals surface area contributed by atoms with Gasteiger partial charge < -0.3 is 31.0 Å². The van der Waals surface area contributed by atoms with Crippen LogP contribution in [0.5, 0.6) is 0 Å². The predicted molar refractivity (Wildman–Crippen MR) is 149 cm³/mol. The van der Waals surface area contributed by atoms with Crippen LogP contribution in [0.2, 0.25) is 84.6 Å². The van der Waals surface area contributed by atoms with Crippen molar-refractivity contribution < 1.29 is 31.0 Å². The first kappa shape index (κ1) is 33.0. The van der Waals surface area contributed by atoms with Gasteiger partial charge in [0, 0.05) is 13.2 Å². The minimum Gasteiger partial charge on any atom is -0.425 e. The lowest BCUT2D eigenvalue weighted by Crippen LogP contribution is -2.58. The fraction of sp³-hybridized carbons (Fsp3) is 1.00. The molecule has 0 aromatic carbocycles. The van der Waals surface area contributed by atoms with E-state index in [0.29, 0.717) is 16.9 Å². The highest BCUT2D eigenvalue weighted by Crippen LogP contribution is 2.33. The van der Waals surface area contributed by atoms with Gasteiger partial charge in [0.05, 0.1) is 6.61 Å². The Morgan fingerprint density at radius 3 is 1.53 bits per heavy atom. The Morgan fingerprint density at radius 2 is 1.25 bits per heavy atom. The molecule has 13 heteroatoms. The molecule has 0 bridgehead atoms. The van der Waals surface area contributed by atoms with E-state index in [1.54, 1.807) is 7.11 Å². The van der Waals surface area contributed by atoms with Crippen LogP contribution in [-0.4, -0.2) is 83.3 Å². The van der Waals surface area contributed by atoms with Crippen LogP contribution in [0, 0.1) is 0 Å². The molecule has 2 unspecified atom stereocenters. The van der Waals surface area contributed by atoms with Crippen LogP contribution in [0.25, 0.3) is 0 Å². The average molecular weight is 561 g/mol. The lowest BCUT2D eigenvalue weighted by Gasteiger charge is -2.44. The molecular weight excluding hydrogens is 509 g/mol. The van der Waals surface area contributed by atoms with Crippen molar-refractivity contribution in [2.24, 2.45) is 0 Å². The molecule has 32 heavy (non-hydrogen) atoms. The van der Waals surface area contributed by atoms with E-state index in [0.717, 1.165) is 12.5 Å². The van der Waals surface area contributed by atoms with Crippen molar-refractivity contribution in [3.63, 3.8) is 0 Å². The highest BCUT2D eigenvalue weighted by atomic mass is 28.5. The maximum Gasteiger partial charge on any atom is 0.468 e. The first-order valence-electron chi connectivity index (χ1n) is 11.6. The summed E-state index contributed by atoms with van der Waals surface area (Å²) in [5.41, 5.74) is 0. The maximum absolute atomic E-state index is 10.4. The van der Waals surface area contributed by atoms with Gasteiger partial charge in [0.25, 0.3) is 0 Å². The molecule has 0 aliphatic heterocycles. The molecule has 0 amide bonds. The van der Waals surface area contributed by atoms with Gasteiger partial charge in [0.1, 0.15) is 16.6 Å². The van der Waals surface area contributed by atoms with Crippen molar-refractivity contribution in [1.29, 1.82) is 0 Å². The van der Waals surface area contributed by atoms with Crippen LogP contribution in [0.1, 0.15) is 12.8 Å². The van der Waals surface area contributed by atoms with Crippen LogP contribution in [-0.2, 0) is 25.9 Å². The monoisotopic (exact) mass is 560 g/mol. The van der Waals surface area contributed by atoms with Crippen LogP contribution in [0.3, 0.4) is 0 Å². The number of ether oxygens (including phenoxy) is 1. The molecular formula is C19H52O7Si6. The fourth-order valence-electron chi connectivity index (χ4n) is 3.50. The van der Waals surface area contributed by atoms with Gasteiger partial charge in [-0.3, -0.25) is 0 Å². The molecule has 0 aliphatic rings. The zero-order chi connectivity index (χ0) is 25.6. The molecule has 0 saturated heterocycles. The van der Waals surface area contributed by atoms with Crippen molar-refractivity contribution in [2.45, 2.75) is 109 Å². The molecule has 0 aliphatic carbocycles. The van der Waals surface area contributed by atoms with Gasteiger partial charge in [-0.2, -0.15) is 0 Å². The molecule has 0 saturated carbocycles. The van der Waals surface area contributed by atoms with Crippen LogP contribution >= 0.6 is 0 Å². The summed E-state index contributed by atoms with van der Waals surface area (Å²) < 4.78 is 38.2. The highest BCUT2D eigenvalue weighted by molar-refractivity contribution is 6.86. The quantitative estimate of drug-likeness (QED) is 0.225. The second-order valence-electron chi connectivity index (χ2n) is 12.3. The van der Waals surface area contributed by atoms with Gasteiger partial charge in [-0.25, -0.2) is 0 Å². The zero-order valence-electron chi connectivity index (χ0n) is 23.3. The Bertz CT molecular complexity index is 532. The zero-order valence-corrected chi connectivity index (χ0v) is 30.3. The smallest absolute Gasteiger partial charge is 0.425 e. The van der Waals surface area contributed by atoms with Gasteiger partial charge in [-0.05, 0) is 91.4 Å². The molecule has 0 aromatic rings. The highest BCUT2D eigenvalue weighted by Gasteiger charge is 2.48. The molecule has 2 atom stereocenters. The molecule has 194 valence electrons. The van der Waals surface area contributed by atoms with E-state index >= 15 is 0 Å². The summed E-state index contributed by atoms with van der Waals surface area (Å²) in [7, 11) is -8.30. The molecule has 0 fully saturated rings. The third-order valence-electron chi connectivity index (χ3n) is 4.21. The second kappa shape index (κ2) is 12.3. The summed E-state index contributed by atoms with van der Waals surface area (Å²) in [6.45, 7) is 25.6. The Balaban J connectivity index is 5.85. The average Bonchev–Trinajstić information content (AvgIpc) is 2.54. The first-order chi connectivity index (χ1) is 14.1. The van der Waals surface area contributed by atoms with E-state index in [1.807, 2.05) is 0 Å². The number of methoxy groups -OCH3 is 1. The number of aliphatic hydroxyl groups is 1. The van der Waals surface area contributed by atoms with Crippen LogP contribution < -0.4 is 0 Å². The SMILES string of the molecule is COC(CO)(O[Si](C)(C)C)C(CCC[Si](O[SiH3])(O[Si](C)(C)C)O[Si](C)(C)C)O[Si](C)(C)C. The number of hydrogen-bond donors (Lipinski definition) is 1. The molecule has 0 rings (SSSR count). The van der Waals surface area contributed by atoms with Gasteiger partial charge in [0.15, 0.2) is 33.3 Å². The predicted octanol–water partition coefficient (Wildman–Crippen LogP) is 4.11. The lowest BCUT2D eigenvalue weighted by atomic mass is 10.1. The standard InChI is InChI=1S/C19H52O7Si6/c1-21-19(17-20,23-29(5,6)7)18(22-28(2,3)4)15-14-16-32(24-27,25-30(8,9)10)26-31(11,12)13/h18,20H,14-17H2,1-13,27H3. The summed E-state index contributed by atoms with van der Waals surface area (Å²) in [5.74, 6) is -1.17. The topological polar surface area (TPSA) is 75.6 Å². The number of aliphatic hydroxyl groups excluding tert-OH is 1. The summed E-state index contributed by atoms with van der Waals surface area (Å²) in [4.78, 5) is 0. The summed E-state index contributed by atoms with van der Waals surface area (Å²) >= 11 is 0. The molecule has 0 spiro atoms. The van der Waals surface area contributed by atoms with Crippen molar-refractivity contribution in [3.8, 4) is 0 Å². The molecule has 0 radical (unpaired) electrons. The molecule has 7 nitrogen and oxygen atoms in total.